The van der Waals surface area contributed by atoms with Crippen molar-refractivity contribution in [3.05, 3.63) is 68.4 Å². The Balaban J connectivity index is 1.85. The number of nitrogens with zero attached hydrogens (tertiary/aromatic N) is 1. The van der Waals surface area contributed by atoms with E-state index < -0.39 is 0 Å². The lowest BCUT2D eigenvalue weighted by atomic mass is 10.2. The molecule has 0 spiro atoms. The minimum atomic E-state index is 0.0802. The maximum Gasteiger partial charge on any atom is 0.264 e. The van der Waals surface area contributed by atoms with Crippen LogP contribution >= 0.6 is 22.7 Å². The second kappa shape index (κ2) is 6.94. The summed E-state index contributed by atoms with van der Waals surface area (Å²) in [5, 5.41) is 4.02. The van der Waals surface area contributed by atoms with E-state index in [4.69, 9.17) is 4.42 Å². The van der Waals surface area contributed by atoms with Crippen LogP contribution < -0.4 is 0 Å². The molecule has 0 N–H and O–H groups in total. The zero-order chi connectivity index (χ0) is 15.4. The van der Waals surface area contributed by atoms with E-state index in [-0.39, 0.29) is 5.91 Å². The number of thiophene rings is 2. The lowest BCUT2D eigenvalue weighted by Gasteiger charge is -2.21. The second-order valence-corrected chi connectivity index (χ2v) is 6.90. The molecule has 0 saturated heterocycles. The lowest BCUT2D eigenvalue weighted by Crippen LogP contribution is -2.29. The predicted octanol–water partition coefficient (Wildman–Crippen LogP) is 4.81. The van der Waals surface area contributed by atoms with Crippen LogP contribution in [0.5, 0.6) is 0 Å². The van der Waals surface area contributed by atoms with Gasteiger partial charge in [0.2, 0.25) is 0 Å². The first-order valence-corrected chi connectivity index (χ1v) is 8.94. The molecule has 0 bridgehead atoms. The zero-order valence-corrected chi connectivity index (χ0v) is 14.0. The Morgan fingerprint density at radius 2 is 2.05 bits per heavy atom. The molecule has 3 aromatic rings. The van der Waals surface area contributed by atoms with Crippen molar-refractivity contribution in [2.75, 3.05) is 0 Å². The Bertz CT molecular complexity index is 678. The fraction of sp³-hybridized carbons (Fsp3) is 0.235. The molecule has 0 aromatic carbocycles. The molecule has 0 atom stereocenters. The average Bonchev–Trinajstić information content (AvgIpc) is 3.27. The van der Waals surface area contributed by atoms with Gasteiger partial charge in [0.1, 0.15) is 5.76 Å². The minimum absolute atomic E-state index is 0.0802. The highest BCUT2D eigenvalue weighted by atomic mass is 32.1. The number of carbonyl (C=O) groups is 1. The zero-order valence-electron chi connectivity index (χ0n) is 12.3. The second-order valence-electron chi connectivity index (χ2n) is 4.95. The maximum atomic E-state index is 12.9. The van der Waals surface area contributed by atoms with Crippen LogP contribution in [0.3, 0.4) is 0 Å². The molecule has 3 heterocycles. The van der Waals surface area contributed by atoms with Crippen molar-refractivity contribution >= 4 is 28.6 Å². The van der Waals surface area contributed by atoms with Gasteiger partial charge in [-0.25, -0.2) is 0 Å². The van der Waals surface area contributed by atoms with Crippen molar-refractivity contribution in [2.45, 2.75) is 26.4 Å². The monoisotopic (exact) mass is 331 g/mol. The van der Waals surface area contributed by atoms with Crippen LogP contribution in [0.25, 0.3) is 0 Å². The average molecular weight is 331 g/mol. The highest BCUT2D eigenvalue weighted by Gasteiger charge is 2.21. The summed E-state index contributed by atoms with van der Waals surface area (Å²) in [6.07, 6.45) is 2.52. The van der Waals surface area contributed by atoms with Crippen molar-refractivity contribution in [2.24, 2.45) is 0 Å². The Morgan fingerprint density at radius 3 is 2.73 bits per heavy atom. The smallest absolute Gasteiger partial charge is 0.264 e. The van der Waals surface area contributed by atoms with Crippen LogP contribution in [0.2, 0.25) is 0 Å². The van der Waals surface area contributed by atoms with Gasteiger partial charge in [0.25, 0.3) is 5.91 Å². The van der Waals surface area contributed by atoms with Crippen molar-refractivity contribution in [3.63, 3.8) is 0 Å². The number of amides is 1. The fourth-order valence-electron chi connectivity index (χ4n) is 2.33. The number of furan rings is 1. The van der Waals surface area contributed by atoms with Crippen LogP contribution in [-0.2, 0) is 19.5 Å². The number of hydrogen-bond donors (Lipinski definition) is 0. The molecule has 0 saturated carbocycles. The quantitative estimate of drug-likeness (QED) is 0.649. The molecule has 0 aliphatic heterocycles. The van der Waals surface area contributed by atoms with Crippen molar-refractivity contribution < 1.29 is 9.21 Å². The first kappa shape index (κ1) is 15.1. The van der Waals surface area contributed by atoms with E-state index in [9.17, 15) is 4.79 Å². The molecule has 5 heteroatoms. The minimum Gasteiger partial charge on any atom is -0.467 e. The standard InChI is InChI=1S/C17H17NO2S2/c1-2-13-7-10-22-16(13)17(19)18(11-14-5-3-8-20-14)12-15-6-4-9-21-15/h3-10H,2,11-12H2,1H3. The Kier molecular flexibility index (Phi) is 4.75. The Hall–Kier alpha value is -1.85. The largest absolute Gasteiger partial charge is 0.467 e. The highest BCUT2D eigenvalue weighted by Crippen LogP contribution is 2.23. The molecular formula is C17H17NO2S2. The summed E-state index contributed by atoms with van der Waals surface area (Å²) in [6.45, 7) is 3.18. The van der Waals surface area contributed by atoms with Gasteiger partial charge in [-0.1, -0.05) is 13.0 Å². The maximum absolute atomic E-state index is 12.9. The molecule has 0 fully saturated rings. The SMILES string of the molecule is CCc1ccsc1C(=O)N(Cc1ccco1)Cc1cccs1. The summed E-state index contributed by atoms with van der Waals surface area (Å²) in [5.41, 5.74) is 1.12. The summed E-state index contributed by atoms with van der Waals surface area (Å²) >= 11 is 3.18. The summed E-state index contributed by atoms with van der Waals surface area (Å²) in [4.78, 5) is 16.8. The summed E-state index contributed by atoms with van der Waals surface area (Å²) in [6, 6.07) is 9.87. The van der Waals surface area contributed by atoms with E-state index in [1.165, 1.54) is 16.2 Å². The number of hydrogen-bond acceptors (Lipinski definition) is 4. The summed E-state index contributed by atoms with van der Waals surface area (Å²) in [5.74, 6) is 0.885. The normalized spacial score (nSPS) is 10.8. The van der Waals surface area contributed by atoms with Gasteiger partial charge in [-0.15, -0.1) is 22.7 Å². The van der Waals surface area contributed by atoms with Gasteiger partial charge < -0.3 is 9.32 Å². The van der Waals surface area contributed by atoms with Crippen LogP contribution in [-0.4, -0.2) is 10.8 Å². The molecule has 3 aromatic heterocycles. The van der Waals surface area contributed by atoms with Gasteiger partial charge in [-0.05, 0) is 47.0 Å². The van der Waals surface area contributed by atoms with E-state index in [1.54, 1.807) is 17.6 Å². The molecule has 1 amide bonds. The van der Waals surface area contributed by atoms with E-state index in [0.717, 1.165) is 22.6 Å². The van der Waals surface area contributed by atoms with Crippen molar-refractivity contribution in [1.29, 1.82) is 0 Å². The molecule has 22 heavy (non-hydrogen) atoms. The van der Waals surface area contributed by atoms with Gasteiger partial charge >= 0.3 is 0 Å². The van der Waals surface area contributed by atoms with Crippen LogP contribution in [0.15, 0.2) is 51.8 Å². The van der Waals surface area contributed by atoms with Crippen molar-refractivity contribution in [1.82, 2.24) is 4.90 Å². The van der Waals surface area contributed by atoms with E-state index in [0.29, 0.717) is 13.1 Å². The van der Waals surface area contributed by atoms with Crippen LogP contribution in [0.1, 0.15) is 32.8 Å². The van der Waals surface area contributed by atoms with E-state index in [2.05, 4.69) is 13.0 Å². The van der Waals surface area contributed by atoms with Crippen LogP contribution in [0, 0.1) is 0 Å². The number of aryl methyl sites for hydroxylation is 1. The lowest BCUT2D eigenvalue weighted by molar-refractivity contribution is 0.0723. The third-order valence-electron chi connectivity index (χ3n) is 3.46. The molecule has 114 valence electrons. The Labute approximate surface area is 137 Å². The molecule has 3 rings (SSSR count). The summed E-state index contributed by atoms with van der Waals surface area (Å²) < 4.78 is 5.42. The molecule has 0 unspecified atom stereocenters. The molecule has 0 aliphatic rings. The highest BCUT2D eigenvalue weighted by molar-refractivity contribution is 7.12. The van der Waals surface area contributed by atoms with E-state index in [1.807, 2.05) is 39.9 Å². The van der Waals surface area contributed by atoms with Gasteiger partial charge in [0, 0.05) is 4.88 Å². The van der Waals surface area contributed by atoms with Gasteiger partial charge in [-0.2, -0.15) is 0 Å². The van der Waals surface area contributed by atoms with E-state index >= 15 is 0 Å². The fourth-order valence-corrected chi connectivity index (χ4v) is 4.01. The molecule has 0 aliphatic carbocycles. The van der Waals surface area contributed by atoms with Gasteiger partial charge in [-0.3, -0.25) is 4.79 Å². The van der Waals surface area contributed by atoms with Crippen molar-refractivity contribution in [3.8, 4) is 0 Å². The number of carbonyl (C=O) groups excluding carboxylic acids is 1. The topological polar surface area (TPSA) is 33.5 Å². The summed E-state index contributed by atoms with van der Waals surface area (Å²) in [7, 11) is 0. The third kappa shape index (κ3) is 3.31. The molecular weight excluding hydrogens is 314 g/mol. The third-order valence-corrected chi connectivity index (χ3v) is 5.27. The number of rotatable bonds is 6. The van der Waals surface area contributed by atoms with Gasteiger partial charge in [0.05, 0.1) is 24.2 Å². The first-order valence-electron chi connectivity index (χ1n) is 7.18. The predicted molar refractivity (Wildman–Crippen MR) is 90.3 cm³/mol. The van der Waals surface area contributed by atoms with Gasteiger partial charge in [0.15, 0.2) is 0 Å². The van der Waals surface area contributed by atoms with Crippen LogP contribution in [0.4, 0.5) is 0 Å². The molecule has 3 nitrogen and oxygen atoms in total. The Morgan fingerprint density at radius 1 is 1.14 bits per heavy atom. The molecule has 0 radical (unpaired) electrons. The first-order chi connectivity index (χ1) is 10.8.